The Morgan fingerprint density at radius 3 is 0.825 bits per heavy atom. The van der Waals surface area contributed by atoms with Crippen LogP contribution in [-0.4, -0.2) is 29.9 Å². The van der Waals surface area contributed by atoms with Crippen LogP contribution in [0, 0.1) is 0 Å². The average Bonchev–Trinajstić information content (AvgIpc) is 0.740. The van der Waals surface area contributed by atoms with Crippen LogP contribution >= 0.6 is 0 Å². The molecule has 0 amide bonds. The van der Waals surface area contributed by atoms with Gasteiger partial charge >= 0.3 is 0 Å². The molecule has 0 N–H and O–H groups in total. The summed E-state index contributed by atoms with van der Waals surface area (Å²) >= 11 is 0. The molecule has 0 radical (unpaired) electrons. The molecule has 0 spiro atoms. The van der Waals surface area contributed by atoms with E-state index in [-0.39, 0.29) is 0 Å². The highest BCUT2D eigenvalue weighted by molar-refractivity contribution is 6.24. The van der Waals surface area contributed by atoms with E-state index in [0.717, 1.165) is 134 Å². The second-order valence-electron chi connectivity index (χ2n) is 28.8. The van der Waals surface area contributed by atoms with E-state index in [1.54, 1.807) is 0 Å². The largest absolute Gasteiger partial charge is 0.247 e. The molecule has 0 saturated heterocycles. The van der Waals surface area contributed by atoms with Crippen LogP contribution in [0.4, 0.5) is 0 Å². The monoisotopic (exact) mass is 1450 g/mol. The van der Waals surface area contributed by atoms with E-state index in [0.29, 0.717) is 11.6 Å². The van der Waals surface area contributed by atoms with E-state index in [1.165, 1.54) is 65.7 Å². The second kappa shape index (κ2) is 30.0. The van der Waals surface area contributed by atoms with E-state index in [9.17, 15) is 0 Å². The van der Waals surface area contributed by atoms with Crippen molar-refractivity contribution >= 4 is 64.9 Å². The molecule has 0 saturated carbocycles. The smallest absolute Gasteiger partial charge is 0.160 e. The maximum absolute atomic E-state index is 5.37. The number of hydrogen-bond acceptors (Lipinski definition) is 6. The van der Waals surface area contributed by atoms with Crippen LogP contribution in [0.15, 0.2) is 425 Å². The Morgan fingerprint density at radius 2 is 0.404 bits per heavy atom. The molecule has 6 nitrogen and oxygen atoms in total. The SMILES string of the molecule is c1ccc(-c2ccc(-c3nc(-c4ccccc4)cc(-c4ccc(-c5nc6ccc(-c7ccccc7)cc6c6c5ccc5ccccc56)cc4)n3)cc2)cc1.c1ccc(-c2cccc(-c3cc(-c4ccc(-c5nc6ccc(-c7ccccc7)cc6c6c5ccc5ccccc56)cc4)nc(-c4cccc(-c5ccccc5)c4)n3)c2)cc1. The predicted octanol–water partition coefficient (Wildman–Crippen LogP) is 28.3. The Labute approximate surface area is 661 Å². The van der Waals surface area contributed by atoms with Crippen molar-refractivity contribution in [3.63, 3.8) is 0 Å². The molecule has 532 valence electrons. The first-order chi connectivity index (χ1) is 56.5. The van der Waals surface area contributed by atoms with Crippen LogP contribution in [0.25, 0.3) is 211 Å². The Kier molecular flexibility index (Phi) is 17.9. The number of hydrogen-bond donors (Lipinski definition) is 0. The first-order valence-corrected chi connectivity index (χ1v) is 38.6. The topological polar surface area (TPSA) is 77.3 Å². The summed E-state index contributed by atoms with van der Waals surface area (Å²) in [6.45, 7) is 0. The summed E-state index contributed by atoms with van der Waals surface area (Å²) in [6.07, 6.45) is 0. The van der Waals surface area contributed by atoms with Crippen molar-refractivity contribution in [1.29, 1.82) is 0 Å². The number of benzene rings is 17. The highest BCUT2D eigenvalue weighted by Crippen LogP contribution is 2.43. The first kappa shape index (κ1) is 68.1. The fraction of sp³-hybridized carbons (Fsp3) is 0. The molecule has 4 heterocycles. The van der Waals surface area contributed by atoms with Crippen LogP contribution in [0.1, 0.15) is 0 Å². The molecular weight excluding hydrogens is 1380 g/mol. The van der Waals surface area contributed by atoms with Gasteiger partial charge < -0.3 is 0 Å². The molecule has 21 rings (SSSR count). The maximum Gasteiger partial charge on any atom is 0.160 e. The fourth-order valence-corrected chi connectivity index (χ4v) is 16.0. The molecule has 0 bridgehead atoms. The molecule has 17 aromatic carbocycles. The lowest BCUT2D eigenvalue weighted by molar-refractivity contribution is 1.18. The van der Waals surface area contributed by atoms with Crippen molar-refractivity contribution in [2.75, 3.05) is 0 Å². The molecule has 4 aromatic heterocycles. The van der Waals surface area contributed by atoms with Crippen LogP contribution in [0.2, 0.25) is 0 Å². The molecule has 0 unspecified atom stereocenters. The van der Waals surface area contributed by atoms with Gasteiger partial charge in [-0.3, -0.25) is 0 Å². The third kappa shape index (κ3) is 13.5. The minimum Gasteiger partial charge on any atom is -0.247 e. The fourth-order valence-electron chi connectivity index (χ4n) is 16.0. The number of aromatic nitrogens is 6. The van der Waals surface area contributed by atoms with Gasteiger partial charge in [-0.2, -0.15) is 0 Å². The van der Waals surface area contributed by atoms with Crippen molar-refractivity contribution in [2.45, 2.75) is 0 Å². The molecule has 0 atom stereocenters. The lowest BCUT2D eigenvalue weighted by Gasteiger charge is -2.14. The van der Waals surface area contributed by atoms with Gasteiger partial charge in [0, 0.05) is 76.8 Å². The second-order valence-corrected chi connectivity index (χ2v) is 28.8. The Hall–Kier alpha value is -15.2. The Morgan fingerprint density at radius 1 is 0.132 bits per heavy atom. The molecule has 0 aliphatic rings. The lowest BCUT2D eigenvalue weighted by atomic mass is 9.93. The number of fused-ring (bicyclic) bond motifs is 10. The minimum atomic E-state index is 0.679. The molecule has 6 heteroatoms. The summed E-state index contributed by atoms with van der Waals surface area (Å²) in [7, 11) is 0. The third-order valence-electron chi connectivity index (χ3n) is 21.8. The van der Waals surface area contributed by atoms with E-state index >= 15 is 0 Å². The Balaban J connectivity index is 0.000000149. The van der Waals surface area contributed by atoms with Gasteiger partial charge in [0.05, 0.1) is 45.2 Å². The van der Waals surface area contributed by atoms with Crippen LogP contribution in [-0.2, 0) is 0 Å². The first-order valence-electron chi connectivity index (χ1n) is 38.6. The van der Waals surface area contributed by atoms with Crippen LogP contribution < -0.4 is 0 Å². The summed E-state index contributed by atoms with van der Waals surface area (Å²) in [4.78, 5) is 31.4. The quantitative estimate of drug-likeness (QED) is 0.107. The molecule has 0 fully saturated rings. The zero-order valence-corrected chi connectivity index (χ0v) is 62.1. The van der Waals surface area contributed by atoms with Gasteiger partial charge in [-0.05, 0) is 126 Å². The average molecular weight is 1450 g/mol. The van der Waals surface area contributed by atoms with Crippen LogP contribution in [0.5, 0.6) is 0 Å². The minimum absolute atomic E-state index is 0.679. The number of nitrogens with zero attached hydrogens (tertiary/aromatic N) is 6. The van der Waals surface area contributed by atoms with Gasteiger partial charge in [0.15, 0.2) is 11.6 Å². The van der Waals surface area contributed by atoms with Crippen molar-refractivity contribution in [2.24, 2.45) is 0 Å². The highest BCUT2D eigenvalue weighted by atomic mass is 14.9. The van der Waals surface area contributed by atoms with E-state index in [4.69, 9.17) is 29.9 Å². The van der Waals surface area contributed by atoms with Crippen molar-refractivity contribution in [1.82, 2.24) is 29.9 Å². The molecule has 0 aliphatic heterocycles. The summed E-state index contributed by atoms with van der Waals surface area (Å²) in [5.74, 6) is 1.37. The highest BCUT2D eigenvalue weighted by Gasteiger charge is 2.20. The molecule has 114 heavy (non-hydrogen) atoms. The van der Waals surface area contributed by atoms with Crippen LogP contribution in [0.3, 0.4) is 0 Å². The van der Waals surface area contributed by atoms with Gasteiger partial charge in [0.1, 0.15) is 0 Å². The van der Waals surface area contributed by atoms with Gasteiger partial charge in [-0.25, -0.2) is 29.9 Å². The summed E-state index contributed by atoms with van der Waals surface area (Å²) < 4.78 is 0. The van der Waals surface area contributed by atoms with E-state index in [1.807, 2.05) is 36.4 Å². The van der Waals surface area contributed by atoms with Crippen molar-refractivity contribution in [3.8, 4) is 146 Å². The van der Waals surface area contributed by atoms with Gasteiger partial charge in [0.25, 0.3) is 0 Å². The predicted molar refractivity (Wildman–Crippen MR) is 475 cm³/mol. The maximum atomic E-state index is 5.37. The normalized spacial score (nSPS) is 11.3. The molecule has 21 aromatic rings. The summed E-state index contributed by atoms with van der Waals surface area (Å²) in [6, 6.07) is 150. The number of pyridine rings is 2. The lowest BCUT2D eigenvalue weighted by Crippen LogP contribution is -1.97. The molecule has 0 aliphatic carbocycles. The Bertz CT molecular complexity index is 7050. The van der Waals surface area contributed by atoms with Gasteiger partial charge in [0.2, 0.25) is 0 Å². The standard InChI is InChI=1S/C57H37N3.C51H33N3/c1-4-14-38(15-5-1)44-21-12-23-47(34-44)54-37-53(59-57(60-54)48-24-13-22-45(35-48)39-16-6-2-7-17-39)42-26-28-43(29-27-42)56-50-32-30-41-20-10-11-25-49(41)55(50)51-36-46(31-33-52(51)58-56)40-18-8-3-9-19-40;1-4-12-34(13-5-1)36-20-26-41(27-21-36)51-53-47(38-17-8-3-9-18-38)33-48(54-51)39-22-24-40(25-23-39)50-44-30-28-37-16-10-11-19-43(37)49(44)45-32-42(29-31-46(45)52-50)35-14-6-2-7-15-35/h1-37H;1-33H. The summed E-state index contributed by atoms with van der Waals surface area (Å²) in [5.41, 5.74) is 27.2. The summed E-state index contributed by atoms with van der Waals surface area (Å²) in [5, 5.41) is 11.9. The van der Waals surface area contributed by atoms with E-state index < -0.39 is 0 Å². The molecular formula is C108H70N6. The zero-order valence-electron chi connectivity index (χ0n) is 62.1. The van der Waals surface area contributed by atoms with Crippen molar-refractivity contribution < 1.29 is 0 Å². The third-order valence-corrected chi connectivity index (χ3v) is 21.8. The van der Waals surface area contributed by atoms with Gasteiger partial charge in [-0.15, -0.1) is 0 Å². The van der Waals surface area contributed by atoms with Crippen molar-refractivity contribution in [3.05, 3.63) is 425 Å². The number of rotatable bonds is 13. The van der Waals surface area contributed by atoms with E-state index in [2.05, 4.69) is 388 Å². The van der Waals surface area contributed by atoms with Gasteiger partial charge in [-0.1, -0.05) is 376 Å². The zero-order chi connectivity index (χ0) is 75.7.